The smallest absolute Gasteiger partial charge is 0.129 e. The first-order chi connectivity index (χ1) is 10.7. The number of aryl methyl sites for hydroxylation is 1. The molecule has 0 aliphatic rings. The van der Waals surface area contributed by atoms with E-state index in [-0.39, 0.29) is 5.82 Å². The number of benzene rings is 2. The molecule has 0 fully saturated rings. The van der Waals surface area contributed by atoms with Crippen LogP contribution in [0.25, 0.3) is 11.0 Å². The summed E-state index contributed by atoms with van der Waals surface area (Å²) >= 11 is 6.18. The number of para-hydroxylation sites is 2. The van der Waals surface area contributed by atoms with Gasteiger partial charge in [-0.2, -0.15) is 0 Å². The van der Waals surface area contributed by atoms with Crippen molar-refractivity contribution < 1.29 is 4.39 Å². The zero-order chi connectivity index (χ0) is 15.5. The third kappa shape index (κ3) is 2.86. The van der Waals surface area contributed by atoms with E-state index in [2.05, 4.69) is 11.5 Å². The summed E-state index contributed by atoms with van der Waals surface area (Å²) in [7, 11) is 0. The van der Waals surface area contributed by atoms with Crippen molar-refractivity contribution in [3.8, 4) is 0 Å². The highest BCUT2D eigenvalue weighted by molar-refractivity contribution is 6.31. The molecule has 0 spiro atoms. The molecular weight excluding hydrogens is 299 g/mol. The minimum atomic E-state index is -0.272. The van der Waals surface area contributed by atoms with E-state index in [1.807, 2.05) is 24.3 Å². The summed E-state index contributed by atoms with van der Waals surface area (Å²) in [4.78, 5) is 4.70. The Hall–Kier alpha value is -1.87. The summed E-state index contributed by atoms with van der Waals surface area (Å²) in [6.07, 6.45) is 3.05. The van der Waals surface area contributed by atoms with Crippen LogP contribution in [-0.2, 0) is 13.0 Å². The molecule has 0 unspecified atom stereocenters. The van der Waals surface area contributed by atoms with Gasteiger partial charge in [-0.15, -0.1) is 0 Å². The maximum absolute atomic E-state index is 14.1. The summed E-state index contributed by atoms with van der Waals surface area (Å²) in [5.41, 5.74) is 2.49. The monoisotopic (exact) mass is 316 g/mol. The minimum Gasteiger partial charge on any atom is -0.323 e. The predicted molar refractivity (Wildman–Crippen MR) is 88.9 cm³/mol. The summed E-state index contributed by atoms with van der Waals surface area (Å²) in [6, 6.07) is 12.8. The van der Waals surface area contributed by atoms with Gasteiger partial charge in [-0.1, -0.05) is 43.1 Å². The van der Waals surface area contributed by atoms with Crippen LogP contribution in [0, 0.1) is 5.82 Å². The number of rotatable bonds is 5. The van der Waals surface area contributed by atoms with Crippen LogP contribution in [0.1, 0.15) is 31.2 Å². The van der Waals surface area contributed by atoms with Crippen molar-refractivity contribution in [2.24, 2.45) is 0 Å². The minimum absolute atomic E-state index is 0.272. The molecule has 0 saturated carbocycles. The molecule has 0 saturated heterocycles. The van der Waals surface area contributed by atoms with E-state index < -0.39 is 0 Å². The van der Waals surface area contributed by atoms with E-state index in [1.165, 1.54) is 6.07 Å². The fourth-order valence-electron chi connectivity index (χ4n) is 2.67. The highest BCUT2D eigenvalue weighted by Gasteiger charge is 2.14. The first-order valence-electron chi connectivity index (χ1n) is 7.57. The molecule has 0 radical (unpaired) electrons. The highest BCUT2D eigenvalue weighted by atomic mass is 35.5. The van der Waals surface area contributed by atoms with Crippen LogP contribution in [0.2, 0.25) is 5.02 Å². The molecule has 1 aromatic heterocycles. The van der Waals surface area contributed by atoms with Crippen LogP contribution in [0.15, 0.2) is 42.5 Å². The molecule has 2 aromatic carbocycles. The largest absolute Gasteiger partial charge is 0.323 e. The molecule has 0 aliphatic carbocycles. The first-order valence-corrected chi connectivity index (χ1v) is 7.95. The van der Waals surface area contributed by atoms with Crippen LogP contribution in [0.3, 0.4) is 0 Å². The van der Waals surface area contributed by atoms with Crippen LogP contribution < -0.4 is 0 Å². The normalized spacial score (nSPS) is 11.2. The third-order valence-corrected chi connectivity index (χ3v) is 4.22. The zero-order valence-corrected chi connectivity index (χ0v) is 13.3. The average molecular weight is 317 g/mol. The van der Waals surface area contributed by atoms with Gasteiger partial charge in [0.1, 0.15) is 11.6 Å². The van der Waals surface area contributed by atoms with Crippen LogP contribution in [0.4, 0.5) is 4.39 Å². The van der Waals surface area contributed by atoms with Gasteiger partial charge >= 0.3 is 0 Å². The molecule has 114 valence electrons. The Kier molecular flexibility index (Phi) is 4.44. The molecule has 4 heteroatoms. The molecule has 0 atom stereocenters. The quantitative estimate of drug-likeness (QED) is 0.631. The van der Waals surface area contributed by atoms with Crippen LogP contribution in [0.5, 0.6) is 0 Å². The van der Waals surface area contributed by atoms with E-state index in [0.29, 0.717) is 17.1 Å². The fraction of sp³-hybridized carbons (Fsp3) is 0.278. The van der Waals surface area contributed by atoms with Crippen molar-refractivity contribution in [3.63, 3.8) is 0 Å². The number of halogens is 2. The van der Waals surface area contributed by atoms with Crippen molar-refractivity contribution in [2.75, 3.05) is 0 Å². The Morgan fingerprint density at radius 2 is 1.95 bits per heavy atom. The molecule has 1 heterocycles. The number of fused-ring (bicyclic) bond motifs is 1. The number of aromatic nitrogens is 2. The van der Waals surface area contributed by atoms with Gasteiger partial charge < -0.3 is 4.57 Å². The number of nitrogens with zero attached hydrogens (tertiary/aromatic N) is 2. The van der Waals surface area contributed by atoms with E-state index in [1.54, 1.807) is 12.1 Å². The summed E-state index contributed by atoms with van der Waals surface area (Å²) in [5.74, 6) is 0.717. The van der Waals surface area contributed by atoms with Crippen molar-refractivity contribution in [1.82, 2.24) is 9.55 Å². The Balaban J connectivity index is 2.08. The zero-order valence-electron chi connectivity index (χ0n) is 12.5. The third-order valence-electron chi connectivity index (χ3n) is 3.87. The first kappa shape index (κ1) is 15.0. The van der Waals surface area contributed by atoms with Crippen LogP contribution >= 0.6 is 11.6 Å². The number of hydrogen-bond acceptors (Lipinski definition) is 1. The molecule has 22 heavy (non-hydrogen) atoms. The Morgan fingerprint density at radius 3 is 2.73 bits per heavy atom. The maximum Gasteiger partial charge on any atom is 0.129 e. The molecule has 0 bridgehead atoms. The Bertz CT molecular complexity index is 775. The SMILES string of the molecule is CCCCc1nc2ccccc2n1Cc1c(F)cccc1Cl. The highest BCUT2D eigenvalue weighted by Crippen LogP contribution is 2.24. The predicted octanol–water partition coefficient (Wildman–Crippen LogP) is 5.22. The second kappa shape index (κ2) is 6.49. The van der Waals surface area contributed by atoms with Gasteiger partial charge in [-0.05, 0) is 30.7 Å². The van der Waals surface area contributed by atoms with Gasteiger partial charge in [0, 0.05) is 17.0 Å². The number of unbranched alkanes of at least 4 members (excludes halogenated alkanes) is 1. The lowest BCUT2D eigenvalue weighted by atomic mass is 10.2. The standard InChI is InChI=1S/C18H18ClFN2/c1-2-3-11-18-21-16-9-4-5-10-17(16)22(18)12-13-14(19)7-6-8-15(13)20/h4-10H,2-3,11-12H2,1H3. The summed E-state index contributed by atoms with van der Waals surface area (Å²) < 4.78 is 16.2. The summed E-state index contributed by atoms with van der Waals surface area (Å²) in [6.45, 7) is 2.56. The van der Waals surface area contributed by atoms with Gasteiger partial charge in [0.2, 0.25) is 0 Å². The lowest BCUT2D eigenvalue weighted by molar-refractivity contribution is 0.595. The van der Waals surface area contributed by atoms with Gasteiger partial charge in [0.15, 0.2) is 0 Å². The average Bonchev–Trinajstić information content (AvgIpc) is 2.86. The van der Waals surface area contributed by atoms with E-state index >= 15 is 0 Å². The van der Waals surface area contributed by atoms with Crippen molar-refractivity contribution in [1.29, 1.82) is 0 Å². The topological polar surface area (TPSA) is 17.8 Å². The van der Waals surface area contributed by atoms with Gasteiger partial charge in [0.05, 0.1) is 17.6 Å². The fourth-order valence-corrected chi connectivity index (χ4v) is 2.89. The van der Waals surface area contributed by atoms with Gasteiger partial charge in [0.25, 0.3) is 0 Å². The van der Waals surface area contributed by atoms with Gasteiger partial charge in [-0.3, -0.25) is 0 Å². The lowest BCUT2D eigenvalue weighted by Crippen LogP contribution is -2.07. The van der Waals surface area contributed by atoms with E-state index in [4.69, 9.17) is 16.6 Å². The van der Waals surface area contributed by atoms with Crippen molar-refractivity contribution >= 4 is 22.6 Å². The summed E-state index contributed by atoms with van der Waals surface area (Å²) in [5, 5.41) is 0.458. The van der Waals surface area contributed by atoms with Crippen molar-refractivity contribution in [3.05, 3.63) is 64.7 Å². The number of imidazole rings is 1. The maximum atomic E-state index is 14.1. The molecule has 3 aromatic rings. The molecule has 2 nitrogen and oxygen atoms in total. The lowest BCUT2D eigenvalue weighted by Gasteiger charge is -2.11. The molecule has 0 N–H and O–H groups in total. The van der Waals surface area contributed by atoms with E-state index in [0.717, 1.165) is 36.1 Å². The van der Waals surface area contributed by atoms with E-state index in [9.17, 15) is 4.39 Å². The van der Waals surface area contributed by atoms with Crippen LogP contribution in [-0.4, -0.2) is 9.55 Å². The second-order valence-electron chi connectivity index (χ2n) is 5.41. The molecule has 0 aliphatic heterocycles. The van der Waals surface area contributed by atoms with Crippen molar-refractivity contribution in [2.45, 2.75) is 32.7 Å². The molecule has 3 rings (SSSR count). The molecule has 0 amide bonds. The van der Waals surface area contributed by atoms with Gasteiger partial charge in [-0.25, -0.2) is 9.37 Å². The number of hydrogen-bond donors (Lipinski definition) is 0. The Morgan fingerprint density at radius 1 is 1.14 bits per heavy atom. The second-order valence-corrected chi connectivity index (χ2v) is 5.81. The Labute approximate surface area is 134 Å². The molecular formula is C18H18ClFN2.